The van der Waals surface area contributed by atoms with E-state index in [1.54, 1.807) is 12.1 Å². The minimum Gasteiger partial charge on any atom is -0.379 e. The van der Waals surface area contributed by atoms with Crippen LogP contribution in [0.15, 0.2) is 24.3 Å². The highest BCUT2D eigenvalue weighted by atomic mass is 19.1. The Morgan fingerprint density at radius 2 is 1.95 bits per heavy atom. The van der Waals surface area contributed by atoms with E-state index in [1.165, 1.54) is 12.1 Å². The third kappa shape index (κ3) is 5.27. The van der Waals surface area contributed by atoms with Gasteiger partial charge in [0.2, 0.25) is 5.91 Å². The van der Waals surface area contributed by atoms with E-state index in [9.17, 15) is 9.18 Å². The Bertz CT molecular complexity index is 416. The molecule has 4 nitrogen and oxygen atoms in total. The van der Waals surface area contributed by atoms with Crippen LogP contribution >= 0.6 is 0 Å². The van der Waals surface area contributed by atoms with Gasteiger partial charge < -0.3 is 10.1 Å². The molecule has 110 valence electrons. The molecule has 2 rings (SSSR count). The van der Waals surface area contributed by atoms with Gasteiger partial charge in [-0.05, 0) is 30.7 Å². The van der Waals surface area contributed by atoms with Crippen molar-refractivity contribution in [3.05, 3.63) is 35.6 Å². The standard InChI is InChI=1S/C15H21FN2O2/c16-14-4-2-13(3-5-14)12-15(19)17-6-1-7-18-8-10-20-11-9-18/h2-5H,1,6-12H2,(H,17,19). The molecular formula is C15H21FN2O2. The van der Waals surface area contributed by atoms with Crippen LogP contribution in [0.3, 0.4) is 0 Å². The van der Waals surface area contributed by atoms with Gasteiger partial charge in [0.25, 0.3) is 0 Å². The third-order valence-electron chi connectivity index (χ3n) is 3.35. The van der Waals surface area contributed by atoms with Crippen molar-refractivity contribution in [2.45, 2.75) is 12.8 Å². The molecule has 20 heavy (non-hydrogen) atoms. The van der Waals surface area contributed by atoms with Crippen molar-refractivity contribution >= 4 is 5.91 Å². The van der Waals surface area contributed by atoms with E-state index in [0.29, 0.717) is 13.0 Å². The Morgan fingerprint density at radius 3 is 2.65 bits per heavy atom. The first-order chi connectivity index (χ1) is 9.74. The van der Waals surface area contributed by atoms with Crippen LogP contribution < -0.4 is 5.32 Å². The molecule has 0 aromatic heterocycles. The van der Waals surface area contributed by atoms with Crippen LogP contribution in [0.5, 0.6) is 0 Å². The number of nitrogens with one attached hydrogen (secondary N) is 1. The molecule has 1 aromatic carbocycles. The van der Waals surface area contributed by atoms with Gasteiger partial charge in [0, 0.05) is 19.6 Å². The maximum absolute atomic E-state index is 12.7. The fourth-order valence-electron chi connectivity index (χ4n) is 2.21. The monoisotopic (exact) mass is 280 g/mol. The van der Waals surface area contributed by atoms with E-state index in [-0.39, 0.29) is 11.7 Å². The molecule has 0 saturated carbocycles. The van der Waals surface area contributed by atoms with Crippen LogP contribution in [0.25, 0.3) is 0 Å². The smallest absolute Gasteiger partial charge is 0.224 e. The normalized spacial score (nSPS) is 16.1. The summed E-state index contributed by atoms with van der Waals surface area (Å²) in [7, 11) is 0. The molecule has 1 aliphatic heterocycles. The largest absolute Gasteiger partial charge is 0.379 e. The van der Waals surface area contributed by atoms with Gasteiger partial charge in [-0.15, -0.1) is 0 Å². The minimum absolute atomic E-state index is 0.0152. The van der Waals surface area contributed by atoms with Crippen molar-refractivity contribution in [3.63, 3.8) is 0 Å². The fraction of sp³-hybridized carbons (Fsp3) is 0.533. The van der Waals surface area contributed by atoms with Crippen LogP contribution in [0, 0.1) is 5.82 Å². The SMILES string of the molecule is O=C(Cc1ccc(F)cc1)NCCCN1CCOCC1. The average Bonchev–Trinajstić information content (AvgIpc) is 2.47. The van der Waals surface area contributed by atoms with Gasteiger partial charge in [0.1, 0.15) is 5.82 Å². The molecule has 1 aromatic rings. The number of carbonyl (C=O) groups excluding carboxylic acids is 1. The molecule has 0 unspecified atom stereocenters. The lowest BCUT2D eigenvalue weighted by Crippen LogP contribution is -2.38. The Morgan fingerprint density at radius 1 is 1.25 bits per heavy atom. The number of hydrogen-bond acceptors (Lipinski definition) is 3. The molecule has 1 fully saturated rings. The second kappa shape index (κ2) is 7.97. The van der Waals surface area contributed by atoms with Crippen LogP contribution in [0.2, 0.25) is 0 Å². The first-order valence-electron chi connectivity index (χ1n) is 7.05. The fourth-order valence-corrected chi connectivity index (χ4v) is 2.21. The summed E-state index contributed by atoms with van der Waals surface area (Å²) in [6, 6.07) is 6.04. The molecular weight excluding hydrogens is 259 g/mol. The van der Waals surface area contributed by atoms with E-state index < -0.39 is 0 Å². The predicted octanol–water partition coefficient (Wildman–Crippen LogP) is 1.21. The average molecular weight is 280 g/mol. The van der Waals surface area contributed by atoms with Gasteiger partial charge >= 0.3 is 0 Å². The highest BCUT2D eigenvalue weighted by molar-refractivity contribution is 5.78. The van der Waals surface area contributed by atoms with Gasteiger partial charge in [0.15, 0.2) is 0 Å². The van der Waals surface area contributed by atoms with Crippen molar-refractivity contribution < 1.29 is 13.9 Å². The van der Waals surface area contributed by atoms with Gasteiger partial charge in [-0.1, -0.05) is 12.1 Å². The summed E-state index contributed by atoms with van der Waals surface area (Å²) in [6.07, 6.45) is 1.24. The summed E-state index contributed by atoms with van der Waals surface area (Å²) in [5.41, 5.74) is 0.831. The second-order valence-corrected chi connectivity index (χ2v) is 4.96. The lowest BCUT2D eigenvalue weighted by molar-refractivity contribution is -0.120. The zero-order valence-electron chi connectivity index (χ0n) is 11.6. The van der Waals surface area contributed by atoms with Crippen LogP contribution in [0.1, 0.15) is 12.0 Å². The summed E-state index contributed by atoms with van der Waals surface area (Å²) in [6.45, 7) is 5.22. The molecule has 1 heterocycles. The Hall–Kier alpha value is -1.46. The Balaban J connectivity index is 1.59. The number of benzene rings is 1. The Labute approximate surface area is 118 Å². The van der Waals surface area contributed by atoms with E-state index in [2.05, 4.69) is 10.2 Å². The van der Waals surface area contributed by atoms with Crippen molar-refractivity contribution in [1.82, 2.24) is 10.2 Å². The lowest BCUT2D eigenvalue weighted by Gasteiger charge is -2.26. The van der Waals surface area contributed by atoms with Crippen molar-refractivity contribution in [3.8, 4) is 0 Å². The molecule has 1 amide bonds. The number of amides is 1. The highest BCUT2D eigenvalue weighted by Crippen LogP contribution is 2.03. The van der Waals surface area contributed by atoms with Crippen LogP contribution in [-0.2, 0) is 16.0 Å². The molecule has 5 heteroatoms. The molecule has 0 atom stereocenters. The van der Waals surface area contributed by atoms with Gasteiger partial charge in [-0.3, -0.25) is 9.69 Å². The van der Waals surface area contributed by atoms with Crippen molar-refractivity contribution in [2.75, 3.05) is 39.4 Å². The molecule has 1 N–H and O–H groups in total. The number of halogens is 1. The molecule has 0 radical (unpaired) electrons. The summed E-state index contributed by atoms with van der Waals surface area (Å²) in [5, 5.41) is 2.89. The minimum atomic E-state index is -0.278. The topological polar surface area (TPSA) is 41.6 Å². The molecule has 0 aliphatic carbocycles. The van der Waals surface area contributed by atoms with E-state index >= 15 is 0 Å². The third-order valence-corrected chi connectivity index (χ3v) is 3.35. The molecule has 1 saturated heterocycles. The highest BCUT2D eigenvalue weighted by Gasteiger charge is 2.09. The molecule has 0 bridgehead atoms. The maximum Gasteiger partial charge on any atom is 0.224 e. The quantitative estimate of drug-likeness (QED) is 0.796. The Kier molecular flexibility index (Phi) is 5.95. The van der Waals surface area contributed by atoms with E-state index in [0.717, 1.165) is 44.8 Å². The van der Waals surface area contributed by atoms with Crippen molar-refractivity contribution in [1.29, 1.82) is 0 Å². The first-order valence-corrected chi connectivity index (χ1v) is 7.05. The molecule has 1 aliphatic rings. The van der Waals surface area contributed by atoms with Crippen LogP contribution in [-0.4, -0.2) is 50.2 Å². The summed E-state index contributed by atoms with van der Waals surface area (Å²) in [4.78, 5) is 14.1. The van der Waals surface area contributed by atoms with E-state index in [4.69, 9.17) is 4.74 Å². The number of ether oxygens (including phenoxy) is 1. The number of nitrogens with zero attached hydrogens (tertiary/aromatic N) is 1. The molecule has 0 spiro atoms. The van der Waals surface area contributed by atoms with Gasteiger partial charge in [-0.2, -0.15) is 0 Å². The number of hydrogen-bond donors (Lipinski definition) is 1. The zero-order chi connectivity index (χ0) is 14.2. The van der Waals surface area contributed by atoms with Crippen molar-refractivity contribution in [2.24, 2.45) is 0 Å². The van der Waals surface area contributed by atoms with Crippen LogP contribution in [0.4, 0.5) is 4.39 Å². The summed E-state index contributed by atoms with van der Waals surface area (Å²) in [5.74, 6) is -0.293. The first kappa shape index (κ1) is 14.9. The van der Waals surface area contributed by atoms with Gasteiger partial charge in [0.05, 0.1) is 19.6 Å². The number of morpholine rings is 1. The number of carbonyl (C=O) groups is 1. The maximum atomic E-state index is 12.7. The summed E-state index contributed by atoms with van der Waals surface area (Å²) < 4.78 is 18.0. The zero-order valence-corrected chi connectivity index (χ0v) is 11.6. The summed E-state index contributed by atoms with van der Waals surface area (Å²) >= 11 is 0. The predicted molar refractivity (Wildman–Crippen MR) is 75.0 cm³/mol. The number of rotatable bonds is 6. The van der Waals surface area contributed by atoms with E-state index in [1.807, 2.05) is 0 Å². The second-order valence-electron chi connectivity index (χ2n) is 4.96. The lowest BCUT2D eigenvalue weighted by atomic mass is 10.1. The van der Waals surface area contributed by atoms with Gasteiger partial charge in [-0.25, -0.2) is 4.39 Å².